The van der Waals surface area contributed by atoms with Crippen LogP contribution in [0.15, 0.2) is 42.5 Å². The van der Waals surface area contributed by atoms with E-state index in [9.17, 15) is 4.79 Å². The smallest absolute Gasteiger partial charge is 0.258 e. The normalized spacial score (nSPS) is 11.7. The first-order valence-electron chi connectivity index (χ1n) is 7.86. The predicted octanol–water partition coefficient (Wildman–Crippen LogP) is 4.30. The van der Waals surface area contributed by atoms with E-state index in [2.05, 4.69) is 5.32 Å². The van der Waals surface area contributed by atoms with Crippen LogP contribution in [0, 0.1) is 6.92 Å². The molecule has 5 heteroatoms. The van der Waals surface area contributed by atoms with Crippen LogP contribution in [-0.4, -0.2) is 19.6 Å². The molecular weight excluding hydrogens is 326 g/mol. The van der Waals surface area contributed by atoms with Crippen molar-refractivity contribution in [3.8, 4) is 11.5 Å². The summed E-state index contributed by atoms with van der Waals surface area (Å²) in [6.45, 7) is 3.94. The van der Waals surface area contributed by atoms with Gasteiger partial charge in [-0.3, -0.25) is 4.79 Å². The van der Waals surface area contributed by atoms with Gasteiger partial charge in [-0.1, -0.05) is 42.8 Å². The number of hydrogen-bond donors (Lipinski definition) is 1. The standard InChI is InChI=1S/C19H22ClNO3/c1-4-16(14-9-10-17(23-3)13(2)11-14)21-19(22)12-24-18-8-6-5-7-15(18)20/h5-11,16H,4,12H2,1-3H3,(H,21,22)/t16-/m1/s1. The number of amides is 1. The van der Waals surface area contributed by atoms with Crippen molar-refractivity contribution in [1.29, 1.82) is 0 Å². The number of para-hydroxylation sites is 1. The number of halogens is 1. The fraction of sp³-hybridized carbons (Fsp3) is 0.316. The molecule has 0 aliphatic carbocycles. The molecule has 0 saturated heterocycles. The number of aryl methyl sites for hydroxylation is 1. The molecule has 1 atom stereocenters. The molecule has 0 saturated carbocycles. The second-order valence-electron chi connectivity index (χ2n) is 5.48. The quantitative estimate of drug-likeness (QED) is 0.812. The molecule has 128 valence electrons. The Bertz CT molecular complexity index is 703. The summed E-state index contributed by atoms with van der Waals surface area (Å²) in [6.07, 6.45) is 0.781. The van der Waals surface area contributed by atoms with Gasteiger partial charge in [-0.05, 0) is 42.7 Å². The van der Waals surface area contributed by atoms with E-state index in [1.807, 2.05) is 44.2 Å². The van der Waals surface area contributed by atoms with E-state index >= 15 is 0 Å². The van der Waals surface area contributed by atoms with Gasteiger partial charge in [0.25, 0.3) is 5.91 Å². The Kier molecular flexibility index (Phi) is 6.50. The van der Waals surface area contributed by atoms with Crippen LogP contribution >= 0.6 is 11.6 Å². The van der Waals surface area contributed by atoms with E-state index in [1.54, 1.807) is 19.2 Å². The summed E-state index contributed by atoms with van der Waals surface area (Å²) in [7, 11) is 1.65. The molecule has 1 N–H and O–H groups in total. The second kappa shape index (κ2) is 8.60. The van der Waals surface area contributed by atoms with Crippen LogP contribution in [0.1, 0.15) is 30.5 Å². The number of nitrogens with one attached hydrogen (secondary N) is 1. The van der Waals surface area contributed by atoms with Crippen molar-refractivity contribution in [2.45, 2.75) is 26.3 Å². The van der Waals surface area contributed by atoms with Crippen molar-refractivity contribution in [1.82, 2.24) is 5.32 Å². The SMILES string of the molecule is CC[C@@H](NC(=O)COc1ccccc1Cl)c1ccc(OC)c(C)c1. The largest absolute Gasteiger partial charge is 0.496 e. The summed E-state index contributed by atoms with van der Waals surface area (Å²) in [4.78, 5) is 12.2. The van der Waals surface area contributed by atoms with Gasteiger partial charge in [0.2, 0.25) is 0 Å². The Balaban J connectivity index is 1.98. The molecule has 0 aliphatic rings. The highest BCUT2D eigenvalue weighted by Gasteiger charge is 2.14. The molecular formula is C19H22ClNO3. The third-order valence-electron chi connectivity index (χ3n) is 3.76. The van der Waals surface area contributed by atoms with E-state index in [1.165, 1.54) is 0 Å². The fourth-order valence-electron chi connectivity index (χ4n) is 2.48. The van der Waals surface area contributed by atoms with Crippen molar-refractivity contribution in [3.05, 3.63) is 58.6 Å². The number of rotatable bonds is 7. The summed E-state index contributed by atoms with van der Waals surface area (Å²) >= 11 is 6.01. The number of carbonyl (C=O) groups is 1. The molecule has 0 unspecified atom stereocenters. The molecule has 0 bridgehead atoms. The monoisotopic (exact) mass is 347 g/mol. The van der Waals surface area contributed by atoms with Crippen LogP contribution in [0.5, 0.6) is 11.5 Å². The van der Waals surface area contributed by atoms with Crippen molar-refractivity contribution in [3.63, 3.8) is 0 Å². The van der Waals surface area contributed by atoms with Gasteiger partial charge in [-0.25, -0.2) is 0 Å². The second-order valence-corrected chi connectivity index (χ2v) is 5.88. The third-order valence-corrected chi connectivity index (χ3v) is 4.07. The first kappa shape index (κ1) is 18.1. The minimum Gasteiger partial charge on any atom is -0.496 e. The molecule has 0 fully saturated rings. The van der Waals surface area contributed by atoms with Crippen molar-refractivity contribution < 1.29 is 14.3 Å². The Labute approximate surface area is 147 Å². The average Bonchev–Trinajstić information content (AvgIpc) is 2.59. The lowest BCUT2D eigenvalue weighted by molar-refractivity contribution is -0.123. The zero-order valence-corrected chi connectivity index (χ0v) is 14.9. The van der Waals surface area contributed by atoms with Gasteiger partial charge in [0.15, 0.2) is 6.61 Å². The van der Waals surface area contributed by atoms with Gasteiger partial charge in [0.1, 0.15) is 11.5 Å². The van der Waals surface area contributed by atoms with Gasteiger partial charge in [0.05, 0.1) is 18.2 Å². The number of hydrogen-bond acceptors (Lipinski definition) is 3. The summed E-state index contributed by atoms with van der Waals surface area (Å²) in [5.74, 6) is 1.15. The van der Waals surface area contributed by atoms with E-state index < -0.39 is 0 Å². The zero-order valence-electron chi connectivity index (χ0n) is 14.1. The zero-order chi connectivity index (χ0) is 17.5. The van der Waals surface area contributed by atoms with Crippen molar-refractivity contribution in [2.75, 3.05) is 13.7 Å². The minimum absolute atomic E-state index is 0.0723. The highest BCUT2D eigenvalue weighted by atomic mass is 35.5. The fourth-order valence-corrected chi connectivity index (χ4v) is 2.67. The Morgan fingerprint density at radius 3 is 2.58 bits per heavy atom. The van der Waals surface area contributed by atoms with E-state index in [0.717, 1.165) is 23.3 Å². The predicted molar refractivity (Wildman–Crippen MR) is 95.9 cm³/mol. The Hall–Kier alpha value is -2.20. The van der Waals surface area contributed by atoms with Crippen LogP contribution in [0.4, 0.5) is 0 Å². The van der Waals surface area contributed by atoms with Crippen LogP contribution in [0.3, 0.4) is 0 Å². The average molecular weight is 348 g/mol. The van der Waals surface area contributed by atoms with Crippen LogP contribution < -0.4 is 14.8 Å². The van der Waals surface area contributed by atoms with Crippen LogP contribution in [0.2, 0.25) is 5.02 Å². The number of benzene rings is 2. The lowest BCUT2D eigenvalue weighted by Gasteiger charge is -2.19. The van der Waals surface area contributed by atoms with E-state index in [4.69, 9.17) is 21.1 Å². The number of methoxy groups -OCH3 is 1. The summed E-state index contributed by atoms with van der Waals surface area (Å²) in [5, 5.41) is 3.48. The molecule has 1 amide bonds. The number of carbonyl (C=O) groups excluding carboxylic acids is 1. The Morgan fingerprint density at radius 2 is 1.96 bits per heavy atom. The van der Waals surface area contributed by atoms with Gasteiger partial charge in [-0.15, -0.1) is 0 Å². The summed E-state index contributed by atoms with van der Waals surface area (Å²) in [6, 6.07) is 12.9. The summed E-state index contributed by atoms with van der Waals surface area (Å²) < 4.78 is 10.7. The molecule has 0 heterocycles. The van der Waals surface area contributed by atoms with E-state index in [0.29, 0.717) is 10.8 Å². The van der Waals surface area contributed by atoms with Gasteiger partial charge in [0, 0.05) is 0 Å². The first-order chi connectivity index (χ1) is 11.5. The first-order valence-corrected chi connectivity index (χ1v) is 8.24. The minimum atomic E-state index is -0.185. The van der Waals surface area contributed by atoms with Crippen LogP contribution in [0.25, 0.3) is 0 Å². The maximum absolute atomic E-state index is 12.2. The molecule has 0 aromatic heterocycles. The maximum atomic E-state index is 12.2. The summed E-state index contributed by atoms with van der Waals surface area (Å²) in [5.41, 5.74) is 2.08. The highest BCUT2D eigenvalue weighted by Crippen LogP contribution is 2.25. The Morgan fingerprint density at radius 1 is 1.21 bits per heavy atom. The number of ether oxygens (including phenoxy) is 2. The molecule has 0 radical (unpaired) electrons. The lowest BCUT2D eigenvalue weighted by Crippen LogP contribution is -2.32. The maximum Gasteiger partial charge on any atom is 0.258 e. The molecule has 2 rings (SSSR count). The third kappa shape index (κ3) is 4.65. The molecule has 2 aromatic carbocycles. The molecule has 0 spiro atoms. The van der Waals surface area contributed by atoms with Crippen molar-refractivity contribution in [2.24, 2.45) is 0 Å². The van der Waals surface area contributed by atoms with Gasteiger partial charge >= 0.3 is 0 Å². The molecule has 0 aliphatic heterocycles. The topological polar surface area (TPSA) is 47.6 Å². The van der Waals surface area contributed by atoms with E-state index in [-0.39, 0.29) is 18.6 Å². The molecule has 4 nitrogen and oxygen atoms in total. The molecule has 2 aromatic rings. The molecule has 24 heavy (non-hydrogen) atoms. The highest BCUT2D eigenvalue weighted by molar-refractivity contribution is 6.32. The lowest BCUT2D eigenvalue weighted by atomic mass is 10.0. The van der Waals surface area contributed by atoms with Gasteiger partial charge < -0.3 is 14.8 Å². The van der Waals surface area contributed by atoms with Crippen LogP contribution in [-0.2, 0) is 4.79 Å². The van der Waals surface area contributed by atoms with Crippen molar-refractivity contribution >= 4 is 17.5 Å². The van der Waals surface area contributed by atoms with Gasteiger partial charge in [-0.2, -0.15) is 0 Å².